The Labute approximate surface area is 561 Å². The lowest BCUT2D eigenvalue weighted by molar-refractivity contribution is -0.138. The van der Waals surface area contributed by atoms with Crippen molar-refractivity contribution in [3.8, 4) is 0 Å². The molecule has 0 saturated heterocycles. The van der Waals surface area contributed by atoms with E-state index < -0.39 is 48.3 Å². The first-order valence-electron chi connectivity index (χ1n) is 32.8. The first kappa shape index (κ1) is 72.1. The molecule has 0 aromatic carbocycles. The molecule has 16 bridgehead atoms. The first-order chi connectivity index (χ1) is 46.0. The number of aliphatic hydroxyl groups is 5. The maximum absolute atomic E-state index is 12.2. The molecule has 4 atom stereocenters. The standard InChI is InChI=1S/C68H74N8O11.C6H15NO3/c1-29-41(13-17-61(79)80)53-28-56-44(16-20-64(85)86)32(4)48(72-56)24-59-68(36(8)52(76-59)25-58-65(37(9)77)33(5)49(73-58)21-45(29)69-53)40(12)87-39(11)67-35(7)50-22-46-30(2)42(14-18-62(81)82)54(70-46)27-55-43(15-19-63(83)84)31(3)47(71-55)23-57-66(38(10)78)34(6)51(74-57)26-60(67)75-50;8-4-1-7(2-5-9)3-6-10/h21-28,37-40,71-73,75,77-78H,13-20H2,1-12H3,(H,79,80)(H,81,82)(H,83,84)(H,85,86);8-10H,1-6H2. The van der Waals surface area contributed by atoms with Crippen molar-refractivity contribution < 1.29 is 69.9 Å². The number of carboxylic acids is 4. The summed E-state index contributed by atoms with van der Waals surface area (Å²) in [6.07, 6.45) is -2.72. The normalized spacial score (nSPS) is 14.5. The first-order valence-corrected chi connectivity index (χ1v) is 32.8. The van der Waals surface area contributed by atoms with Gasteiger partial charge in [-0.2, -0.15) is 0 Å². The molecule has 0 spiro atoms. The van der Waals surface area contributed by atoms with Gasteiger partial charge in [-0.25, -0.2) is 19.9 Å². The second-order valence-electron chi connectivity index (χ2n) is 25.4. The van der Waals surface area contributed by atoms with E-state index in [1.807, 2.05) is 118 Å². The Kier molecular flexibility index (Phi) is 22.6. The number of hydrogen-bond acceptors (Lipinski definition) is 15. The van der Waals surface area contributed by atoms with Crippen LogP contribution in [-0.4, -0.2) is 166 Å². The summed E-state index contributed by atoms with van der Waals surface area (Å²) in [6, 6.07) is 15.3. The average Bonchev–Trinajstić information content (AvgIpc) is 1.64. The minimum atomic E-state index is -0.958. The molecule has 0 fully saturated rings. The van der Waals surface area contributed by atoms with Gasteiger partial charge in [0.15, 0.2) is 0 Å². The number of H-pyrrole nitrogens is 4. The van der Waals surface area contributed by atoms with Crippen LogP contribution in [0.15, 0.2) is 48.5 Å². The van der Waals surface area contributed by atoms with Gasteiger partial charge >= 0.3 is 23.9 Å². The molecular weight excluding hydrogens is 1240 g/mol. The van der Waals surface area contributed by atoms with Crippen LogP contribution < -0.4 is 0 Å². The van der Waals surface area contributed by atoms with Gasteiger partial charge in [-0.15, -0.1) is 0 Å². The second kappa shape index (κ2) is 30.5. The molecule has 0 radical (unpaired) electrons. The third-order valence-electron chi connectivity index (χ3n) is 18.9. The van der Waals surface area contributed by atoms with Crippen molar-refractivity contribution in [1.29, 1.82) is 0 Å². The van der Waals surface area contributed by atoms with Crippen molar-refractivity contribution in [3.05, 3.63) is 139 Å². The van der Waals surface area contributed by atoms with Crippen LogP contribution >= 0.6 is 0 Å². The third kappa shape index (κ3) is 15.6. The fourth-order valence-corrected chi connectivity index (χ4v) is 13.8. The number of aromatic amines is 4. The van der Waals surface area contributed by atoms with Crippen molar-refractivity contribution in [2.45, 2.75) is 159 Å². The molecule has 0 saturated carbocycles. The molecule has 6 aromatic rings. The van der Waals surface area contributed by atoms with Crippen LogP contribution in [0.3, 0.4) is 0 Å². The molecule has 10 heterocycles. The lowest BCUT2D eigenvalue weighted by Gasteiger charge is -2.22. The van der Waals surface area contributed by atoms with E-state index in [1.54, 1.807) is 18.7 Å². The highest BCUT2D eigenvalue weighted by atomic mass is 16.5. The van der Waals surface area contributed by atoms with Crippen molar-refractivity contribution in [3.63, 3.8) is 0 Å². The lowest BCUT2D eigenvalue weighted by atomic mass is 9.99. The van der Waals surface area contributed by atoms with Crippen molar-refractivity contribution >= 4 is 113 Å². The lowest BCUT2D eigenvalue weighted by Crippen LogP contribution is -2.32. The van der Waals surface area contributed by atoms with Gasteiger partial charge in [0.2, 0.25) is 0 Å². The highest BCUT2D eigenvalue weighted by Crippen LogP contribution is 2.43. The predicted octanol–water partition coefficient (Wildman–Crippen LogP) is 11.5. The second-order valence-corrected chi connectivity index (χ2v) is 25.4. The summed E-state index contributed by atoms with van der Waals surface area (Å²) in [4.78, 5) is 85.0. The van der Waals surface area contributed by atoms with E-state index in [0.717, 1.165) is 78.0 Å². The summed E-state index contributed by atoms with van der Waals surface area (Å²) < 4.78 is 7.26. The fourth-order valence-electron chi connectivity index (χ4n) is 13.8. The molecule has 13 N–H and O–H groups in total. The molecule has 23 heteroatoms. The Balaban J connectivity index is 0.00000102. The van der Waals surface area contributed by atoms with Gasteiger partial charge in [-0.1, -0.05) is 0 Å². The number of nitrogens with one attached hydrogen (secondary N) is 4. The van der Waals surface area contributed by atoms with Crippen molar-refractivity contribution in [1.82, 2.24) is 44.8 Å². The maximum Gasteiger partial charge on any atom is 0.303 e. The largest absolute Gasteiger partial charge is 0.481 e. The molecule has 6 aromatic heterocycles. The molecule has 10 rings (SSSR count). The Morgan fingerprint density at radius 1 is 0.392 bits per heavy atom. The summed E-state index contributed by atoms with van der Waals surface area (Å²) in [5.41, 5.74) is 22.4. The molecule has 514 valence electrons. The zero-order chi connectivity index (χ0) is 70.6. The van der Waals surface area contributed by atoms with Gasteiger partial charge in [0.1, 0.15) is 0 Å². The number of aromatic nitrogens is 8. The molecule has 4 aliphatic rings. The number of hydrogen-bond donors (Lipinski definition) is 13. The van der Waals surface area contributed by atoms with Gasteiger partial charge in [0, 0.05) is 112 Å². The van der Waals surface area contributed by atoms with Crippen LogP contribution in [0.4, 0.5) is 0 Å². The van der Waals surface area contributed by atoms with Crippen LogP contribution in [0.25, 0.3) is 88.7 Å². The number of nitrogens with zero attached hydrogens (tertiary/aromatic N) is 5. The van der Waals surface area contributed by atoms with E-state index in [0.29, 0.717) is 120 Å². The van der Waals surface area contributed by atoms with E-state index in [9.17, 15) is 49.8 Å². The van der Waals surface area contributed by atoms with E-state index >= 15 is 0 Å². The maximum atomic E-state index is 12.2. The average molecular weight is 1330 g/mol. The number of fused-ring (bicyclic) bond motifs is 16. The van der Waals surface area contributed by atoms with E-state index in [2.05, 4.69) is 19.9 Å². The van der Waals surface area contributed by atoms with Gasteiger partial charge in [0.25, 0.3) is 0 Å². The van der Waals surface area contributed by atoms with E-state index in [-0.39, 0.29) is 71.2 Å². The molecule has 23 nitrogen and oxygen atoms in total. The van der Waals surface area contributed by atoms with Crippen LogP contribution in [0.2, 0.25) is 0 Å². The summed E-state index contributed by atoms with van der Waals surface area (Å²) in [6.45, 7) is 24.7. The van der Waals surface area contributed by atoms with E-state index in [1.165, 1.54) is 0 Å². The number of aliphatic hydroxyl groups excluding tert-OH is 5. The van der Waals surface area contributed by atoms with Crippen LogP contribution in [0.1, 0.15) is 196 Å². The van der Waals surface area contributed by atoms with Crippen LogP contribution in [-0.2, 0) is 36.8 Å². The number of carbonyl (C=O) groups is 4. The van der Waals surface area contributed by atoms with E-state index in [4.69, 9.17) is 40.0 Å². The summed E-state index contributed by atoms with van der Waals surface area (Å²) >= 11 is 0. The molecule has 0 amide bonds. The number of rotatable bonds is 24. The monoisotopic (exact) mass is 1330 g/mol. The predicted molar refractivity (Wildman–Crippen MR) is 376 cm³/mol. The molecule has 97 heavy (non-hydrogen) atoms. The van der Waals surface area contributed by atoms with Crippen molar-refractivity contribution in [2.75, 3.05) is 39.5 Å². The fraction of sp³-hybridized carbons (Fsp3) is 0.405. The zero-order valence-electron chi connectivity index (χ0n) is 57.1. The Morgan fingerprint density at radius 3 is 1.11 bits per heavy atom. The Hall–Kier alpha value is -9.20. The van der Waals surface area contributed by atoms with Gasteiger partial charge in [0.05, 0.1) is 89.8 Å². The van der Waals surface area contributed by atoms with Gasteiger partial charge in [-0.05, 0) is 224 Å². The Morgan fingerprint density at radius 2 is 0.711 bits per heavy atom. The minimum absolute atomic E-state index is 0.0694. The van der Waals surface area contributed by atoms with Gasteiger partial charge < -0.3 is 70.6 Å². The number of aliphatic carboxylic acids is 4. The van der Waals surface area contributed by atoms with Crippen molar-refractivity contribution in [2.24, 2.45) is 0 Å². The SMILES string of the molecule is CC1=C(CCC(=O)O)c2cc3[nH]c(cc4nc(cc5[nH]c(cc1n2)c(C)c5C(C)OC(C)C1=C(C)c2cc5[nH]c(cc6nc(cc7[nH]c(cc1n2)c(C)c7CCC(=O)O)C(CCC(=O)O)=C6C)c(C)c5C(C)O)C(C)=C4C(C)O)c(C)c3CCC(=O)O.OCCN(CCO)CCO. The molecule has 0 aliphatic carbocycles. The smallest absolute Gasteiger partial charge is 0.303 e. The summed E-state index contributed by atoms with van der Waals surface area (Å²) in [5.74, 6) is -3.81. The quantitative estimate of drug-likeness (QED) is 0.0268. The number of ether oxygens (including phenoxy) is 1. The third-order valence-corrected chi connectivity index (χ3v) is 18.9. The summed E-state index contributed by atoms with van der Waals surface area (Å²) in [7, 11) is 0. The van der Waals surface area contributed by atoms with Gasteiger partial charge in [-0.3, -0.25) is 24.1 Å². The molecule has 4 unspecified atom stereocenters. The number of allylic oxidation sites excluding steroid dienone is 6. The molecule has 4 aliphatic heterocycles. The molecular formula is C74H89N9O14. The zero-order valence-corrected chi connectivity index (χ0v) is 57.1. The number of carboxylic acid groups (broad SMARTS) is 4. The highest BCUT2D eigenvalue weighted by Gasteiger charge is 2.30. The van der Waals surface area contributed by atoms with Crippen LogP contribution in [0, 0.1) is 27.7 Å². The Bertz CT molecular complexity index is 4600. The van der Waals surface area contributed by atoms with Crippen LogP contribution in [0.5, 0.6) is 0 Å². The topological polar surface area (TPSA) is 378 Å². The number of aryl methyl sites for hydroxylation is 6. The minimum Gasteiger partial charge on any atom is -0.481 e. The highest BCUT2D eigenvalue weighted by molar-refractivity contribution is 5.99. The summed E-state index contributed by atoms with van der Waals surface area (Å²) in [5, 5.41) is 87.7.